The van der Waals surface area contributed by atoms with E-state index in [0.717, 1.165) is 0 Å². The molecule has 1 aromatic rings. The van der Waals surface area contributed by atoms with Gasteiger partial charge in [0, 0.05) is 11.9 Å². The first kappa shape index (κ1) is 14.0. The average Bonchev–Trinajstić information content (AvgIpc) is 2.36. The van der Waals surface area contributed by atoms with Crippen LogP contribution in [-0.2, 0) is 9.53 Å². The quantitative estimate of drug-likeness (QED) is 0.783. The largest absolute Gasteiger partial charge is 0.466 e. The van der Waals surface area contributed by atoms with E-state index in [9.17, 15) is 9.90 Å². The van der Waals surface area contributed by atoms with Crippen molar-refractivity contribution in [3.05, 3.63) is 30.1 Å². The van der Waals surface area contributed by atoms with E-state index >= 15 is 0 Å². The molecule has 4 nitrogen and oxygen atoms in total. The molecular weight excluding hydrogens is 238 g/mol. The lowest BCUT2D eigenvalue weighted by atomic mass is 10.0. The van der Waals surface area contributed by atoms with E-state index in [-0.39, 0.29) is 5.97 Å². The molecule has 1 heterocycles. The predicted molar refractivity (Wildman–Crippen MR) is 67.7 cm³/mol. The summed E-state index contributed by atoms with van der Waals surface area (Å²) in [6, 6.07) is 5.26. The molecule has 94 valence electrons. The van der Waals surface area contributed by atoms with Crippen LogP contribution in [0.15, 0.2) is 24.4 Å². The van der Waals surface area contributed by atoms with Crippen LogP contribution in [0.4, 0.5) is 0 Å². The molecule has 2 unspecified atom stereocenters. The van der Waals surface area contributed by atoms with Crippen LogP contribution in [0.25, 0.3) is 0 Å². The number of aromatic nitrogens is 1. The summed E-state index contributed by atoms with van der Waals surface area (Å²) in [5, 5.41) is 10.1. The Kier molecular flexibility index (Phi) is 6.00. The van der Waals surface area contributed by atoms with Crippen LogP contribution in [-0.4, -0.2) is 34.7 Å². The highest BCUT2D eigenvalue weighted by Gasteiger charge is 2.29. The second kappa shape index (κ2) is 7.29. The van der Waals surface area contributed by atoms with Gasteiger partial charge in [-0.1, -0.05) is 6.07 Å². The van der Waals surface area contributed by atoms with E-state index in [1.54, 1.807) is 31.3 Å². The van der Waals surface area contributed by atoms with Crippen LogP contribution in [0, 0.1) is 5.92 Å². The van der Waals surface area contributed by atoms with E-state index in [1.165, 1.54) is 11.8 Å². The first-order valence-corrected chi connectivity index (χ1v) is 6.84. The van der Waals surface area contributed by atoms with E-state index in [1.807, 2.05) is 6.26 Å². The van der Waals surface area contributed by atoms with Crippen LogP contribution >= 0.6 is 11.8 Å². The molecule has 1 rings (SSSR count). The van der Waals surface area contributed by atoms with Gasteiger partial charge in [-0.2, -0.15) is 11.8 Å². The third-order valence-electron chi connectivity index (χ3n) is 2.31. The second-order valence-electron chi connectivity index (χ2n) is 3.51. The number of hydrogen-bond donors (Lipinski definition) is 1. The van der Waals surface area contributed by atoms with Crippen molar-refractivity contribution in [2.45, 2.75) is 13.0 Å². The molecule has 0 aliphatic heterocycles. The molecule has 0 amide bonds. The Hall–Kier alpha value is -1.07. The maximum atomic E-state index is 11.7. The van der Waals surface area contributed by atoms with Crippen LogP contribution in [0.5, 0.6) is 0 Å². The molecule has 0 saturated heterocycles. The fourth-order valence-corrected chi connectivity index (χ4v) is 2.15. The fourth-order valence-electron chi connectivity index (χ4n) is 1.47. The monoisotopic (exact) mass is 255 g/mol. The van der Waals surface area contributed by atoms with Gasteiger partial charge >= 0.3 is 5.97 Å². The van der Waals surface area contributed by atoms with Gasteiger partial charge in [0.25, 0.3) is 0 Å². The van der Waals surface area contributed by atoms with Crippen molar-refractivity contribution in [2.24, 2.45) is 5.92 Å². The van der Waals surface area contributed by atoms with Gasteiger partial charge in [0.05, 0.1) is 18.2 Å². The number of ether oxygens (including phenoxy) is 1. The van der Waals surface area contributed by atoms with Gasteiger partial charge in [-0.25, -0.2) is 0 Å². The Labute approximate surface area is 105 Å². The molecule has 0 spiro atoms. The number of aliphatic hydroxyl groups excluding tert-OH is 1. The van der Waals surface area contributed by atoms with E-state index in [0.29, 0.717) is 18.1 Å². The van der Waals surface area contributed by atoms with Crippen LogP contribution < -0.4 is 0 Å². The smallest absolute Gasteiger partial charge is 0.312 e. The van der Waals surface area contributed by atoms with Gasteiger partial charge in [-0.3, -0.25) is 9.78 Å². The zero-order chi connectivity index (χ0) is 12.7. The number of rotatable bonds is 6. The molecule has 2 atom stereocenters. The second-order valence-corrected chi connectivity index (χ2v) is 4.42. The molecule has 0 aliphatic rings. The van der Waals surface area contributed by atoms with Gasteiger partial charge in [-0.05, 0) is 25.3 Å². The first-order valence-electron chi connectivity index (χ1n) is 5.45. The first-order chi connectivity index (χ1) is 8.20. The lowest BCUT2D eigenvalue weighted by molar-refractivity contribution is -0.151. The zero-order valence-electron chi connectivity index (χ0n) is 10.00. The van der Waals surface area contributed by atoms with Crippen molar-refractivity contribution in [3.63, 3.8) is 0 Å². The summed E-state index contributed by atoms with van der Waals surface area (Å²) in [6.07, 6.45) is 2.57. The molecule has 0 fully saturated rings. The normalized spacial score (nSPS) is 14.1. The van der Waals surface area contributed by atoms with Gasteiger partial charge < -0.3 is 9.84 Å². The molecule has 0 saturated carbocycles. The minimum atomic E-state index is -0.914. The molecule has 17 heavy (non-hydrogen) atoms. The number of nitrogens with zero attached hydrogens (tertiary/aromatic N) is 1. The minimum Gasteiger partial charge on any atom is -0.466 e. The van der Waals surface area contributed by atoms with Gasteiger partial charge in [-0.15, -0.1) is 0 Å². The Morgan fingerprint density at radius 2 is 2.35 bits per heavy atom. The summed E-state index contributed by atoms with van der Waals surface area (Å²) in [5.74, 6) is -0.434. The maximum absolute atomic E-state index is 11.7. The fraction of sp³-hybridized carbons (Fsp3) is 0.500. The average molecular weight is 255 g/mol. The number of carbonyl (C=O) groups excluding carboxylic acids is 1. The van der Waals surface area contributed by atoms with Crippen molar-refractivity contribution >= 4 is 17.7 Å². The summed E-state index contributed by atoms with van der Waals surface area (Å²) in [5.41, 5.74) is 0.500. The van der Waals surface area contributed by atoms with Crippen molar-refractivity contribution in [1.82, 2.24) is 4.98 Å². The SMILES string of the molecule is CCOC(=O)C(CSC)C(O)c1ccccn1. The van der Waals surface area contributed by atoms with Crippen molar-refractivity contribution < 1.29 is 14.6 Å². The molecule has 1 N–H and O–H groups in total. The third kappa shape index (κ3) is 4.02. The molecule has 1 aromatic heterocycles. The molecule has 0 aliphatic carbocycles. The maximum Gasteiger partial charge on any atom is 0.312 e. The Morgan fingerprint density at radius 1 is 1.59 bits per heavy atom. The van der Waals surface area contributed by atoms with Crippen molar-refractivity contribution in [3.8, 4) is 0 Å². The highest BCUT2D eigenvalue weighted by atomic mass is 32.2. The minimum absolute atomic E-state index is 0.318. The standard InChI is InChI=1S/C12H17NO3S/c1-3-16-12(15)9(8-17-2)11(14)10-6-4-5-7-13-10/h4-7,9,11,14H,3,8H2,1-2H3. The number of carbonyl (C=O) groups is 1. The van der Waals surface area contributed by atoms with Gasteiger partial charge in [0.1, 0.15) is 6.10 Å². The Morgan fingerprint density at radius 3 is 2.88 bits per heavy atom. The number of hydrogen-bond acceptors (Lipinski definition) is 5. The highest BCUT2D eigenvalue weighted by Crippen LogP contribution is 2.24. The topological polar surface area (TPSA) is 59.4 Å². The lowest BCUT2D eigenvalue weighted by Crippen LogP contribution is -2.27. The molecule has 0 bridgehead atoms. The highest BCUT2D eigenvalue weighted by molar-refractivity contribution is 7.98. The van der Waals surface area contributed by atoms with Crippen LogP contribution in [0.2, 0.25) is 0 Å². The summed E-state index contributed by atoms with van der Waals surface area (Å²) in [4.78, 5) is 15.8. The predicted octanol–water partition coefficient (Wildman–Crippen LogP) is 1.66. The lowest BCUT2D eigenvalue weighted by Gasteiger charge is -2.19. The van der Waals surface area contributed by atoms with Gasteiger partial charge in [0.2, 0.25) is 0 Å². The van der Waals surface area contributed by atoms with E-state index in [4.69, 9.17) is 4.74 Å². The molecular formula is C12H17NO3S. The van der Waals surface area contributed by atoms with E-state index < -0.39 is 12.0 Å². The van der Waals surface area contributed by atoms with Crippen LogP contribution in [0.3, 0.4) is 0 Å². The van der Waals surface area contributed by atoms with Crippen LogP contribution in [0.1, 0.15) is 18.7 Å². The summed E-state index contributed by atoms with van der Waals surface area (Å²) in [7, 11) is 0. The summed E-state index contributed by atoms with van der Waals surface area (Å²) >= 11 is 1.50. The molecule has 5 heteroatoms. The molecule has 0 aromatic carbocycles. The zero-order valence-corrected chi connectivity index (χ0v) is 10.8. The number of esters is 1. The number of pyridine rings is 1. The molecule has 0 radical (unpaired) electrons. The van der Waals surface area contributed by atoms with Crippen molar-refractivity contribution in [2.75, 3.05) is 18.6 Å². The van der Waals surface area contributed by atoms with Crippen molar-refractivity contribution in [1.29, 1.82) is 0 Å². The number of thioether (sulfide) groups is 1. The number of aliphatic hydroxyl groups is 1. The summed E-state index contributed by atoms with van der Waals surface area (Å²) in [6.45, 7) is 2.07. The third-order valence-corrected chi connectivity index (χ3v) is 3.00. The van der Waals surface area contributed by atoms with Gasteiger partial charge in [0.15, 0.2) is 0 Å². The van der Waals surface area contributed by atoms with E-state index in [2.05, 4.69) is 4.98 Å². The Bertz CT molecular complexity index is 345. The summed E-state index contributed by atoms with van der Waals surface area (Å²) < 4.78 is 4.96. The Balaban J connectivity index is 2.80.